The number of nitrogens with one attached hydrogen (secondary N) is 1. The normalized spacial score (nSPS) is 31.5. The van der Waals surface area contributed by atoms with Crippen molar-refractivity contribution in [3.8, 4) is 0 Å². The maximum atomic E-state index is 14.5. The van der Waals surface area contributed by atoms with E-state index in [0.717, 1.165) is 44.7 Å². The fourth-order valence-electron chi connectivity index (χ4n) is 7.88. The van der Waals surface area contributed by atoms with Gasteiger partial charge in [-0.1, -0.05) is 6.08 Å². The summed E-state index contributed by atoms with van der Waals surface area (Å²) in [5.74, 6) is -0.205. The number of amides is 2. The van der Waals surface area contributed by atoms with Gasteiger partial charge in [-0.15, -0.1) is 0 Å². The molecule has 9 nitrogen and oxygen atoms in total. The van der Waals surface area contributed by atoms with E-state index in [1.807, 2.05) is 6.08 Å². The van der Waals surface area contributed by atoms with Crippen LogP contribution in [0.3, 0.4) is 0 Å². The van der Waals surface area contributed by atoms with E-state index < -0.39 is 17.2 Å². The van der Waals surface area contributed by atoms with Crippen molar-refractivity contribution in [1.82, 2.24) is 25.0 Å². The largest absolute Gasteiger partial charge is 0.417 e. The number of halogens is 3. The molecule has 1 aromatic heterocycles. The Bertz CT molecular complexity index is 1220. The summed E-state index contributed by atoms with van der Waals surface area (Å²) in [6, 6.07) is 1.30. The first kappa shape index (κ1) is 30.5. The number of methoxy groups -OCH3 is 1. The van der Waals surface area contributed by atoms with Gasteiger partial charge in [-0.3, -0.25) is 19.5 Å². The number of nitrogens with zero attached hydrogens (tertiary/aromatic N) is 4. The average molecular weight is 606 g/mol. The van der Waals surface area contributed by atoms with Crippen molar-refractivity contribution in [1.29, 1.82) is 0 Å². The van der Waals surface area contributed by atoms with Gasteiger partial charge in [0.15, 0.2) is 0 Å². The maximum absolute atomic E-state index is 14.5. The Morgan fingerprint density at radius 3 is 2.81 bits per heavy atom. The molecule has 0 unspecified atom stereocenters. The molecule has 4 aliphatic heterocycles. The number of fused-ring (bicyclic) bond motifs is 2. The number of alkyl halides is 3. The zero-order valence-electron chi connectivity index (χ0n) is 24.8. The lowest BCUT2D eigenvalue weighted by Gasteiger charge is -2.37. The van der Waals surface area contributed by atoms with Crippen LogP contribution in [-0.4, -0.2) is 109 Å². The van der Waals surface area contributed by atoms with Gasteiger partial charge in [0.1, 0.15) is 0 Å². The van der Waals surface area contributed by atoms with Gasteiger partial charge in [0.2, 0.25) is 11.8 Å². The van der Waals surface area contributed by atoms with Crippen LogP contribution in [0.15, 0.2) is 24.4 Å². The second kappa shape index (κ2) is 12.5. The highest BCUT2D eigenvalue weighted by Crippen LogP contribution is 2.51. The molecule has 1 saturated carbocycles. The van der Waals surface area contributed by atoms with Crippen LogP contribution >= 0.6 is 0 Å². The number of rotatable bonds is 7. The van der Waals surface area contributed by atoms with E-state index in [-0.39, 0.29) is 42.5 Å². The van der Waals surface area contributed by atoms with Crippen LogP contribution in [0.2, 0.25) is 0 Å². The minimum Gasteiger partial charge on any atom is -0.379 e. The first-order valence-corrected chi connectivity index (χ1v) is 15.5. The number of carbonyl (C=O) groups excluding carboxylic acids is 2. The smallest absolute Gasteiger partial charge is 0.379 e. The monoisotopic (exact) mass is 605 g/mol. The molecule has 1 aromatic rings. The quantitative estimate of drug-likeness (QED) is 0.479. The summed E-state index contributed by atoms with van der Waals surface area (Å²) < 4.78 is 51.5. The molecule has 1 N–H and O–H groups in total. The second-order valence-corrected chi connectivity index (χ2v) is 12.8. The third-order valence-corrected chi connectivity index (χ3v) is 10.1. The Hall–Kier alpha value is -2.54. The summed E-state index contributed by atoms with van der Waals surface area (Å²) in [6.07, 6.45) is 4.75. The van der Waals surface area contributed by atoms with Gasteiger partial charge in [0.05, 0.1) is 23.7 Å². The molecule has 0 aromatic carbocycles. The van der Waals surface area contributed by atoms with Gasteiger partial charge < -0.3 is 24.6 Å². The standard InChI is InChI=1S/C31H42F3N5O4/c1-42-27-19-43-12-7-26(27)36-24-14-23-18-39(28(40)5-4-10-37-8-2-3-9-37)20-30(23,15-24)29(41)38-11-6-25-21(17-38)13-22(16-35-25)31(32,33)34/h4-5,13,16,23-24,26-27,36H,2-3,6-12,14-15,17-20H2,1H3/t23-,24+,26-,27+,30-/m0/s1. The number of hydrogen-bond donors (Lipinski definition) is 1. The van der Waals surface area contributed by atoms with Crippen molar-refractivity contribution >= 4 is 11.8 Å². The Kier molecular flexibility index (Phi) is 8.83. The van der Waals surface area contributed by atoms with Gasteiger partial charge in [-0.2, -0.15) is 13.2 Å². The molecule has 5 atom stereocenters. The first-order chi connectivity index (χ1) is 20.7. The molecule has 12 heteroatoms. The minimum atomic E-state index is -4.50. The topological polar surface area (TPSA) is 87.2 Å². The fourth-order valence-corrected chi connectivity index (χ4v) is 7.88. The summed E-state index contributed by atoms with van der Waals surface area (Å²) in [6.45, 7) is 5.28. The second-order valence-electron chi connectivity index (χ2n) is 12.8. The summed E-state index contributed by atoms with van der Waals surface area (Å²) in [5, 5.41) is 3.75. The van der Waals surface area contributed by atoms with Gasteiger partial charge in [-0.05, 0) is 62.7 Å². The molecule has 2 amide bonds. The first-order valence-electron chi connectivity index (χ1n) is 15.5. The van der Waals surface area contributed by atoms with E-state index >= 15 is 0 Å². The van der Waals surface area contributed by atoms with E-state index in [1.54, 1.807) is 23.0 Å². The molecule has 1 aliphatic carbocycles. The molecule has 4 fully saturated rings. The molecule has 5 aliphatic rings. The van der Waals surface area contributed by atoms with Crippen molar-refractivity contribution in [2.24, 2.45) is 11.3 Å². The lowest BCUT2D eigenvalue weighted by Crippen LogP contribution is -2.52. The summed E-state index contributed by atoms with van der Waals surface area (Å²) in [4.78, 5) is 37.6. The molecule has 236 valence electrons. The van der Waals surface area contributed by atoms with Crippen molar-refractivity contribution in [3.05, 3.63) is 41.2 Å². The number of carbonyl (C=O) groups is 2. The van der Waals surface area contributed by atoms with E-state index in [2.05, 4.69) is 15.2 Å². The number of likely N-dealkylation sites (tertiary alicyclic amines) is 2. The fraction of sp³-hybridized carbons (Fsp3) is 0.710. The molecule has 0 radical (unpaired) electrons. The van der Waals surface area contributed by atoms with Gasteiger partial charge in [0, 0.05) is 82.9 Å². The van der Waals surface area contributed by atoms with Crippen molar-refractivity contribution in [2.75, 3.05) is 59.6 Å². The van der Waals surface area contributed by atoms with Crippen LogP contribution in [0, 0.1) is 11.3 Å². The van der Waals surface area contributed by atoms with Crippen molar-refractivity contribution in [2.45, 2.75) is 69.4 Å². The van der Waals surface area contributed by atoms with Gasteiger partial charge in [-0.25, -0.2) is 0 Å². The van der Waals surface area contributed by atoms with Crippen molar-refractivity contribution in [3.63, 3.8) is 0 Å². The highest BCUT2D eigenvalue weighted by atomic mass is 19.4. The third-order valence-electron chi connectivity index (χ3n) is 10.1. The highest BCUT2D eigenvalue weighted by Gasteiger charge is 2.59. The van der Waals surface area contributed by atoms with Crippen LogP contribution in [0.1, 0.15) is 48.9 Å². The summed E-state index contributed by atoms with van der Waals surface area (Å²) in [5.41, 5.74) is -0.551. The summed E-state index contributed by atoms with van der Waals surface area (Å²) >= 11 is 0. The number of hydrogen-bond acceptors (Lipinski definition) is 7. The van der Waals surface area contributed by atoms with Crippen LogP contribution < -0.4 is 5.32 Å². The zero-order valence-corrected chi connectivity index (χ0v) is 24.8. The van der Waals surface area contributed by atoms with Gasteiger partial charge in [0.25, 0.3) is 0 Å². The maximum Gasteiger partial charge on any atom is 0.417 e. The summed E-state index contributed by atoms with van der Waals surface area (Å²) in [7, 11) is 1.68. The molecule has 43 heavy (non-hydrogen) atoms. The predicted octanol–water partition coefficient (Wildman–Crippen LogP) is 2.64. The highest BCUT2D eigenvalue weighted by molar-refractivity contribution is 5.90. The lowest BCUT2D eigenvalue weighted by atomic mass is 9.78. The van der Waals surface area contributed by atoms with Crippen LogP contribution in [0.4, 0.5) is 13.2 Å². The SMILES string of the molecule is CO[C@@H]1COCC[C@@H]1N[C@@H]1C[C@H]2CN(C(=O)C=CCN3CCCC3)C[C@@]2(C(=O)N2CCc3ncc(C(F)(F)F)cc3C2)C1. The van der Waals surface area contributed by atoms with E-state index in [0.29, 0.717) is 56.9 Å². The zero-order chi connectivity index (χ0) is 30.2. The van der Waals surface area contributed by atoms with Crippen LogP contribution in [-0.2, 0) is 38.2 Å². The Morgan fingerprint density at radius 1 is 1.23 bits per heavy atom. The molecular formula is C31H42F3N5O4. The molecule has 0 spiro atoms. The molecule has 3 saturated heterocycles. The van der Waals surface area contributed by atoms with E-state index in [9.17, 15) is 22.8 Å². The lowest BCUT2D eigenvalue weighted by molar-refractivity contribution is -0.144. The Morgan fingerprint density at radius 2 is 2.05 bits per heavy atom. The van der Waals surface area contributed by atoms with Crippen LogP contribution in [0.5, 0.6) is 0 Å². The average Bonchev–Trinajstić information content (AvgIpc) is 3.72. The Labute approximate surface area is 250 Å². The van der Waals surface area contributed by atoms with Crippen molar-refractivity contribution < 1.29 is 32.2 Å². The van der Waals surface area contributed by atoms with E-state index in [1.165, 1.54) is 12.8 Å². The van der Waals surface area contributed by atoms with E-state index in [4.69, 9.17) is 9.47 Å². The number of ether oxygens (including phenoxy) is 2. The van der Waals surface area contributed by atoms with Crippen LogP contribution in [0.25, 0.3) is 0 Å². The molecule has 0 bridgehead atoms. The number of aromatic nitrogens is 1. The minimum absolute atomic E-state index is 0.0460. The Balaban J connectivity index is 1.20. The predicted molar refractivity (Wildman–Crippen MR) is 152 cm³/mol. The molecule has 5 heterocycles. The molecule has 6 rings (SSSR count). The number of pyridine rings is 1. The van der Waals surface area contributed by atoms with Gasteiger partial charge >= 0.3 is 6.18 Å². The molecular weight excluding hydrogens is 563 g/mol. The third kappa shape index (κ3) is 6.34.